The maximum atomic E-state index is 12.8. The molecule has 2 aromatic carbocycles. The number of methoxy groups -OCH3 is 1. The van der Waals surface area contributed by atoms with Crippen molar-refractivity contribution < 1.29 is 13.9 Å². The van der Waals surface area contributed by atoms with E-state index in [4.69, 9.17) is 4.74 Å². The summed E-state index contributed by atoms with van der Waals surface area (Å²) in [5.41, 5.74) is 0.962. The number of nitrogens with one attached hydrogen (secondary N) is 1. The van der Waals surface area contributed by atoms with E-state index < -0.39 is 0 Å². The topological polar surface area (TPSA) is 38.3 Å². The minimum Gasteiger partial charge on any atom is -0.497 e. The van der Waals surface area contributed by atoms with Gasteiger partial charge in [-0.25, -0.2) is 4.39 Å². The van der Waals surface area contributed by atoms with Crippen LogP contribution in [0.5, 0.6) is 5.75 Å². The SMILES string of the molecule is COc1ccc(CC(=O)NCCCSc2ccc(F)cc2)cc1. The first-order valence-corrected chi connectivity index (χ1v) is 8.44. The first-order valence-electron chi connectivity index (χ1n) is 7.45. The molecule has 0 bridgehead atoms. The van der Waals surface area contributed by atoms with Gasteiger partial charge in [0.15, 0.2) is 0 Å². The molecule has 2 aromatic rings. The highest BCUT2D eigenvalue weighted by Crippen LogP contribution is 2.18. The van der Waals surface area contributed by atoms with E-state index in [1.54, 1.807) is 31.0 Å². The number of ether oxygens (including phenoxy) is 1. The van der Waals surface area contributed by atoms with Gasteiger partial charge in [-0.15, -0.1) is 11.8 Å². The average Bonchev–Trinajstić information content (AvgIpc) is 2.57. The van der Waals surface area contributed by atoms with E-state index in [0.29, 0.717) is 13.0 Å². The minimum absolute atomic E-state index is 0.0157. The van der Waals surface area contributed by atoms with Gasteiger partial charge in [-0.2, -0.15) is 0 Å². The van der Waals surface area contributed by atoms with Crippen molar-refractivity contribution in [3.8, 4) is 5.75 Å². The van der Waals surface area contributed by atoms with Crippen molar-refractivity contribution in [1.82, 2.24) is 5.32 Å². The Morgan fingerprint density at radius 1 is 1.13 bits per heavy atom. The fraction of sp³-hybridized carbons (Fsp3) is 0.278. The molecule has 0 aliphatic heterocycles. The Morgan fingerprint density at radius 2 is 1.83 bits per heavy atom. The van der Waals surface area contributed by atoms with Crippen LogP contribution in [0.1, 0.15) is 12.0 Å². The highest BCUT2D eigenvalue weighted by atomic mass is 32.2. The molecule has 2 rings (SSSR count). The predicted octanol–water partition coefficient (Wildman–Crippen LogP) is 3.68. The third-order valence-corrected chi connectivity index (χ3v) is 4.35. The van der Waals surface area contributed by atoms with E-state index in [2.05, 4.69) is 5.32 Å². The Kier molecular flexibility index (Phi) is 6.94. The fourth-order valence-corrected chi connectivity index (χ4v) is 2.87. The van der Waals surface area contributed by atoms with Gasteiger partial charge in [-0.05, 0) is 54.1 Å². The van der Waals surface area contributed by atoms with Gasteiger partial charge < -0.3 is 10.1 Å². The molecular weight excluding hydrogens is 313 g/mol. The van der Waals surface area contributed by atoms with Gasteiger partial charge in [0.2, 0.25) is 5.91 Å². The lowest BCUT2D eigenvalue weighted by Crippen LogP contribution is -2.26. The summed E-state index contributed by atoms with van der Waals surface area (Å²) in [6.45, 7) is 0.642. The largest absolute Gasteiger partial charge is 0.497 e. The quantitative estimate of drug-likeness (QED) is 0.592. The number of rotatable bonds is 8. The molecule has 0 atom stereocenters. The fourth-order valence-electron chi connectivity index (χ4n) is 2.01. The predicted molar refractivity (Wildman–Crippen MR) is 91.4 cm³/mol. The monoisotopic (exact) mass is 333 g/mol. The van der Waals surface area contributed by atoms with Crippen LogP contribution in [-0.2, 0) is 11.2 Å². The lowest BCUT2D eigenvalue weighted by atomic mass is 10.1. The third kappa shape index (κ3) is 6.32. The van der Waals surface area contributed by atoms with E-state index >= 15 is 0 Å². The zero-order valence-corrected chi connectivity index (χ0v) is 13.9. The van der Waals surface area contributed by atoms with Crippen molar-refractivity contribution >= 4 is 17.7 Å². The van der Waals surface area contributed by atoms with Crippen LogP contribution >= 0.6 is 11.8 Å². The van der Waals surface area contributed by atoms with Crippen molar-refractivity contribution in [1.29, 1.82) is 0 Å². The number of benzene rings is 2. The van der Waals surface area contributed by atoms with Gasteiger partial charge in [-0.3, -0.25) is 4.79 Å². The highest BCUT2D eigenvalue weighted by Gasteiger charge is 2.03. The molecule has 0 aromatic heterocycles. The lowest BCUT2D eigenvalue weighted by molar-refractivity contribution is -0.120. The van der Waals surface area contributed by atoms with Crippen molar-refractivity contribution in [2.45, 2.75) is 17.7 Å². The molecule has 0 aliphatic carbocycles. The first-order chi connectivity index (χ1) is 11.2. The van der Waals surface area contributed by atoms with Gasteiger partial charge in [0.25, 0.3) is 0 Å². The Morgan fingerprint density at radius 3 is 2.48 bits per heavy atom. The zero-order valence-electron chi connectivity index (χ0n) is 13.0. The van der Waals surface area contributed by atoms with Gasteiger partial charge in [0, 0.05) is 11.4 Å². The minimum atomic E-state index is -0.222. The Labute approximate surface area is 140 Å². The van der Waals surface area contributed by atoms with Crippen LogP contribution in [0.3, 0.4) is 0 Å². The smallest absolute Gasteiger partial charge is 0.224 e. The molecule has 3 nitrogen and oxygen atoms in total. The molecule has 0 heterocycles. The summed E-state index contributed by atoms with van der Waals surface area (Å²) in [5, 5.41) is 2.91. The van der Waals surface area contributed by atoms with E-state index in [-0.39, 0.29) is 11.7 Å². The molecule has 23 heavy (non-hydrogen) atoms. The summed E-state index contributed by atoms with van der Waals surface area (Å²) in [7, 11) is 1.62. The maximum Gasteiger partial charge on any atom is 0.224 e. The Balaban J connectivity index is 1.61. The molecular formula is C18H20FNO2S. The number of carbonyl (C=O) groups is 1. The van der Waals surface area contributed by atoms with Crippen molar-refractivity contribution in [2.75, 3.05) is 19.4 Å². The molecule has 0 spiro atoms. The molecule has 0 unspecified atom stereocenters. The number of amides is 1. The maximum absolute atomic E-state index is 12.8. The van der Waals surface area contributed by atoms with Crippen molar-refractivity contribution in [2.24, 2.45) is 0 Å². The number of hydrogen-bond donors (Lipinski definition) is 1. The zero-order chi connectivity index (χ0) is 16.5. The second-order valence-corrected chi connectivity index (χ2v) is 6.20. The summed E-state index contributed by atoms with van der Waals surface area (Å²) in [4.78, 5) is 12.9. The molecule has 5 heteroatoms. The second-order valence-electron chi connectivity index (χ2n) is 5.03. The number of hydrogen-bond acceptors (Lipinski definition) is 3. The molecule has 0 aliphatic rings. The van der Waals surface area contributed by atoms with Crippen LogP contribution in [0.2, 0.25) is 0 Å². The normalized spacial score (nSPS) is 10.3. The number of halogens is 1. The standard InChI is InChI=1S/C18H20FNO2S/c1-22-16-7-3-14(4-8-16)13-18(21)20-11-2-12-23-17-9-5-15(19)6-10-17/h3-10H,2,11-13H2,1H3,(H,20,21). The number of thioether (sulfide) groups is 1. The van der Waals surface area contributed by atoms with Crippen LogP contribution in [0.15, 0.2) is 53.4 Å². The average molecular weight is 333 g/mol. The summed E-state index contributed by atoms with van der Waals surface area (Å²) in [5.74, 6) is 1.46. The van der Waals surface area contributed by atoms with Gasteiger partial charge in [0.1, 0.15) is 11.6 Å². The van der Waals surface area contributed by atoms with Crippen molar-refractivity contribution in [3.63, 3.8) is 0 Å². The van der Waals surface area contributed by atoms with Crippen molar-refractivity contribution in [3.05, 3.63) is 59.9 Å². The van der Waals surface area contributed by atoms with E-state index in [9.17, 15) is 9.18 Å². The van der Waals surface area contributed by atoms with E-state index in [0.717, 1.165) is 28.4 Å². The molecule has 0 saturated heterocycles. The van der Waals surface area contributed by atoms with E-state index in [1.807, 2.05) is 24.3 Å². The lowest BCUT2D eigenvalue weighted by Gasteiger charge is -2.06. The summed E-state index contributed by atoms with van der Waals surface area (Å²) in [6, 6.07) is 13.9. The molecule has 0 saturated carbocycles. The van der Waals surface area contributed by atoms with Crippen LogP contribution in [0.25, 0.3) is 0 Å². The van der Waals surface area contributed by atoms with Gasteiger partial charge in [0.05, 0.1) is 13.5 Å². The van der Waals surface area contributed by atoms with Crippen LogP contribution < -0.4 is 10.1 Å². The van der Waals surface area contributed by atoms with Crippen LogP contribution in [-0.4, -0.2) is 25.3 Å². The number of carbonyl (C=O) groups excluding carboxylic acids is 1. The van der Waals surface area contributed by atoms with Gasteiger partial charge in [-0.1, -0.05) is 12.1 Å². The molecule has 0 radical (unpaired) electrons. The van der Waals surface area contributed by atoms with Gasteiger partial charge >= 0.3 is 0 Å². The highest BCUT2D eigenvalue weighted by molar-refractivity contribution is 7.99. The third-order valence-electron chi connectivity index (χ3n) is 3.25. The molecule has 122 valence electrons. The Bertz CT molecular complexity index is 614. The first kappa shape index (κ1) is 17.3. The molecule has 1 N–H and O–H groups in total. The second kappa shape index (κ2) is 9.20. The summed E-state index contributed by atoms with van der Waals surface area (Å²) < 4.78 is 17.9. The van der Waals surface area contributed by atoms with E-state index in [1.165, 1.54) is 12.1 Å². The molecule has 0 fully saturated rings. The molecule has 1 amide bonds. The Hall–Kier alpha value is -2.01. The summed E-state index contributed by atoms with van der Waals surface area (Å²) in [6.07, 6.45) is 1.24. The van der Waals surface area contributed by atoms with Crippen LogP contribution in [0.4, 0.5) is 4.39 Å². The van der Waals surface area contributed by atoms with Crippen LogP contribution in [0, 0.1) is 5.82 Å². The summed E-state index contributed by atoms with van der Waals surface area (Å²) >= 11 is 1.66.